The van der Waals surface area contributed by atoms with Crippen LogP contribution in [-0.2, 0) is 0 Å². The highest BCUT2D eigenvalue weighted by atomic mass is 35.5. The van der Waals surface area contributed by atoms with Crippen LogP contribution < -0.4 is 4.74 Å². The minimum atomic E-state index is 0.322. The topological polar surface area (TPSA) is 33.0 Å². The Morgan fingerprint density at radius 1 is 1.57 bits per heavy atom. The van der Waals surface area contributed by atoms with Crippen molar-refractivity contribution in [2.24, 2.45) is 5.92 Å². The monoisotopic (exact) mass is 209 g/mol. The van der Waals surface area contributed by atoms with Gasteiger partial charge in [0.05, 0.1) is 18.2 Å². The number of nitriles is 1. The van der Waals surface area contributed by atoms with Crippen LogP contribution in [0.4, 0.5) is 0 Å². The van der Waals surface area contributed by atoms with E-state index in [1.54, 1.807) is 18.2 Å². The maximum atomic E-state index is 8.66. The summed E-state index contributed by atoms with van der Waals surface area (Å²) < 4.78 is 5.47. The average molecular weight is 210 g/mol. The van der Waals surface area contributed by atoms with Crippen LogP contribution in [0.5, 0.6) is 5.75 Å². The van der Waals surface area contributed by atoms with E-state index in [4.69, 9.17) is 21.6 Å². The lowest BCUT2D eigenvalue weighted by molar-refractivity contribution is 0.272. The van der Waals surface area contributed by atoms with Crippen LogP contribution in [0.2, 0.25) is 0 Å². The molecule has 0 aliphatic heterocycles. The fourth-order valence-corrected chi connectivity index (χ4v) is 1.03. The van der Waals surface area contributed by atoms with E-state index in [0.29, 0.717) is 24.0 Å². The van der Waals surface area contributed by atoms with Crippen LogP contribution in [0.3, 0.4) is 0 Å². The minimum Gasteiger partial charge on any atom is -0.493 e. The molecule has 0 radical (unpaired) electrons. The Hall–Kier alpha value is -1.20. The van der Waals surface area contributed by atoms with Crippen LogP contribution in [0.15, 0.2) is 24.3 Å². The number of benzene rings is 1. The molecule has 0 saturated heterocycles. The van der Waals surface area contributed by atoms with Crippen LogP contribution in [-0.4, -0.2) is 12.5 Å². The summed E-state index contributed by atoms with van der Waals surface area (Å²) in [7, 11) is 0. The molecule has 74 valence electrons. The number of hydrogen-bond acceptors (Lipinski definition) is 2. The Bertz CT molecular complexity index is 332. The Morgan fingerprint density at radius 3 is 3.00 bits per heavy atom. The fourth-order valence-electron chi connectivity index (χ4n) is 0.938. The zero-order valence-corrected chi connectivity index (χ0v) is 8.79. The third-order valence-corrected chi connectivity index (χ3v) is 2.29. The molecule has 0 aliphatic carbocycles. The van der Waals surface area contributed by atoms with Crippen molar-refractivity contribution >= 4 is 11.6 Å². The second kappa shape index (κ2) is 5.51. The van der Waals surface area contributed by atoms with Crippen molar-refractivity contribution in [1.82, 2.24) is 0 Å². The van der Waals surface area contributed by atoms with Crippen molar-refractivity contribution in [2.75, 3.05) is 12.5 Å². The Morgan fingerprint density at radius 2 is 2.36 bits per heavy atom. The molecule has 1 rings (SSSR count). The van der Waals surface area contributed by atoms with E-state index in [0.717, 1.165) is 5.75 Å². The van der Waals surface area contributed by atoms with Crippen LogP contribution in [0.1, 0.15) is 12.5 Å². The smallest absolute Gasteiger partial charge is 0.120 e. The quantitative estimate of drug-likeness (QED) is 0.715. The highest BCUT2D eigenvalue weighted by Gasteiger charge is 2.01. The molecule has 0 amide bonds. The SMILES string of the molecule is CC(CCl)COc1cccc(C#N)c1. The maximum absolute atomic E-state index is 8.66. The molecule has 0 saturated carbocycles. The standard InChI is InChI=1S/C11H12ClNO/c1-9(6-12)8-14-11-4-2-3-10(5-11)7-13/h2-5,9H,6,8H2,1H3. The van der Waals surface area contributed by atoms with Gasteiger partial charge in [0.2, 0.25) is 0 Å². The van der Waals surface area contributed by atoms with Crippen molar-refractivity contribution in [1.29, 1.82) is 5.26 Å². The third kappa shape index (κ3) is 3.27. The van der Waals surface area contributed by atoms with Gasteiger partial charge in [0.1, 0.15) is 5.75 Å². The molecule has 0 heterocycles. The predicted molar refractivity (Wildman–Crippen MR) is 56.5 cm³/mol. The molecule has 1 aromatic carbocycles. The summed E-state index contributed by atoms with van der Waals surface area (Å²) in [6.45, 7) is 2.60. The van der Waals surface area contributed by atoms with E-state index in [2.05, 4.69) is 6.07 Å². The number of hydrogen-bond donors (Lipinski definition) is 0. The molecular weight excluding hydrogens is 198 g/mol. The van der Waals surface area contributed by atoms with Gasteiger partial charge in [-0.15, -0.1) is 11.6 Å². The molecule has 0 aliphatic rings. The van der Waals surface area contributed by atoms with Crippen molar-refractivity contribution in [3.05, 3.63) is 29.8 Å². The van der Waals surface area contributed by atoms with Crippen molar-refractivity contribution < 1.29 is 4.74 Å². The summed E-state index contributed by atoms with van der Waals surface area (Å²) in [5.74, 6) is 1.63. The molecule has 3 heteroatoms. The zero-order chi connectivity index (χ0) is 10.4. The van der Waals surface area contributed by atoms with E-state index >= 15 is 0 Å². The highest BCUT2D eigenvalue weighted by molar-refractivity contribution is 6.18. The van der Waals surface area contributed by atoms with Gasteiger partial charge in [-0.3, -0.25) is 0 Å². The second-order valence-electron chi connectivity index (χ2n) is 3.21. The van der Waals surface area contributed by atoms with Crippen LogP contribution in [0.25, 0.3) is 0 Å². The summed E-state index contributed by atoms with van der Waals surface area (Å²) in [6.07, 6.45) is 0. The molecule has 1 aromatic rings. The first-order valence-corrected chi connectivity index (χ1v) is 4.98. The lowest BCUT2D eigenvalue weighted by Crippen LogP contribution is -2.09. The molecule has 2 nitrogen and oxygen atoms in total. The van der Waals surface area contributed by atoms with Gasteiger partial charge in [-0.1, -0.05) is 13.0 Å². The summed E-state index contributed by atoms with van der Waals surface area (Å²) in [5.41, 5.74) is 0.612. The van der Waals surface area contributed by atoms with Crippen LogP contribution >= 0.6 is 11.6 Å². The summed E-state index contributed by atoms with van der Waals surface area (Å²) >= 11 is 5.64. The van der Waals surface area contributed by atoms with Gasteiger partial charge in [-0.05, 0) is 18.2 Å². The molecular formula is C11H12ClNO. The van der Waals surface area contributed by atoms with Crippen molar-refractivity contribution in [3.63, 3.8) is 0 Å². The maximum Gasteiger partial charge on any atom is 0.120 e. The average Bonchev–Trinajstić information content (AvgIpc) is 2.26. The fraction of sp³-hybridized carbons (Fsp3) is 0.364. The Balaban J connectivity index is 2.55. The molecule has 0 aromatic heterocycles. The molecule has 0 fully saturated rings. The van der Waals surface area contributed by atoms with Gasteiger partial charge in [0.25, 0.3) is 0 Å². The Kier molecular flexibility index (Phi) is 4.28. The zero-order valence-electron chi connectivity index (χ0n) is 8.03. The largest absolute Gasteiger partial charge is 0.493 e. The molecule has 1 atom stereocenters. The number of ether oxygens (including phenoxy) is 1. The lowest BCUT2D eigenvalue weighted by Gasteiger charge is -2.09. The minimum absolute atomic E-state index is 0.322. The Labute approximate surface area is 89.1 Å². The summed E-state index contributed by atoms with van der Waals surface area (Å²) in [6, 6.07) is 9.17. The van der Waals surface area contributed by atoms with Gasteiger partial charge >= 0.3 is 0 Å². The molecule has 0 spiro atoms. The number of alkyl halides is 1. The van der Waals surface area contributed by atoms with E-state index in [1.807, 2.05) is 13.0 Å². The van der Waals surface area contributed by atoms with Gasteiger partial charge in [0, 0.05) is 11.8 Å². The molecule has 0 N–H and O–H groups in total. The second-order valence-corrected chi connectivity index (χ2v) is 3.52. The van der Waals surface area contributed by atoms with E-state index < -0.39 is 0 Å². The first-order chi connectivity index (χ1) is 6.76. The number of rotatable bonds is 4. The lowest BCUT2D eigenvalue weighted by atomic mass is 10.2. The van der Waals surface area contributed by atoms with Gasteiger partial charge in [-0.2, -0.15) is 5.26 Å². The van der Waals surface area contributed by atoms with E-state index in [-0.39, 0.29) is 0 Å². The first kappa shape index (κ1) is 10.9. The number of halogens is 1. The van der Waals surface area contributed by atoms with E-state index in [1.165, 1.54) is 0 Å². The van der Waals surface area contributed by atoms with Gasteiger partial charge < -0.3 is 4.74 Å². The number of nitrogens with zero attached hydrogens (tertiary/aromatic N) is 1. The normalized spacial score (nSPS) is 11.8. The van der Waals surface area contributed by atoms with Crippen molar-refractivity contribution in [3.8, 4) is 11.8 Å². The summed E-state index contributed by atoms with van der Waals surface area (Å²) in [4.78, 5) is 0. The molecule has 1 unspecified atom stereocenters. The highest BCUT2D eigenvalue weighted by Crippen LogP contribution is 2.13. The van der Waals surface area contributed by atoms with Crippen LogP contribution in [0, 0.1) is 17.2 Å². The molecule has 0 bridgehead atoms. The molecule has 14 heavy (non-hydrogen) atoms. The summed E-state index contributed by atoms with van der Waals surface area (Å²) in [5, 5.41) is 8.66. The van der Waals surface area contributed by atoms with Gasteiger partial charge in [0.15, 0.2) is 0 Å². The van der Waals surface area contributed by atoms with E-state index in [9.17, 15) is 0 Å². The first-order valence-electron chi connectivity index (χ1n) is 4.45. The van der Waals surface area contributed by atoms with Gasteiger partial charge in [-0.25, -0.2) is 0 Å². The third-order valence-electron chi connectivity index (χ3n) is 1.76. The van der Waals surface area contributed by atoms with Crippen molar-refractivity contribution in [2.45, 2.75) is 6.92 Å². The predicted octanol–water partition coefficient (Wildman–Crippen LogP) is 2.81.